The van der Waals surface area contributed by atoms with E-state index in [1.54, 1.807) is 0 Å². The Morgan fingerprint density at radius 2 is 2.18 bits per heavy atom. The monoisotopic (exact) mass is 296 g/mol. The van der Waals surface area contributed by atoms with Crippen LogP contribution in [0, 0.1) is 5.92 Å². The smallest absolute Gasteiger partial charge is 0.0458 e. The number of nitrogens with two attached hydrogens (primary N) is 1. The fraction of sp³-hybridized carbons (Fsp3) is 0.571. The van der Waals surface area contributed by atoms with E-state index in [4.69, 9.17) is 5.73 Å². The Bertz CT molecular complexity index is 392. The first kappa shape index (κ1) is 12.9. The van der Waals surface area contributed by atoms with Gasteiger partial charge in [0.25, 0.3) is 0 Å². The second-order valence-electron chi connectivity index (χ2n) is 5.30. The summed E-state index contributed by atoms with van der Waals surface area (Å²) in [7, 11) is 0. The largest absolute Gasteiger partial charge is 0.398 e. The molecule has 2 N–H and O–H groups in total. The van der Waals surface area contributed by atoms with Crippen molar-refractivity contribution in [3.05, 3.63) is 28.2 Å². The average molecular weight is 297 g/mol. The van der Waals surface area contributed by atoms with E-state index in [1.807, 2.05) is 6.07 Å². The van der Waals surface area contributed by atoms with Crippen LogP contribution in [0.2, 0.25) is 0 Å². The number of halogens is 1. The van der Waals surface area contributed by atoms with Gasteiger partial charge in [0.15, 0.2) is 0 Å². The van der Waals surface area contributed by atoms with E-state index >= 15 is 0 Å². The Kier molecular flexibility index (Phi) is 4.10. The fourth-order valence-electron chi connectivity index (χ4n) is 2.59. The number of nitrogens with zero attached hydrogens (tertiary/aromatic N) is 1. The van der Waals surface area contributed by atoms with Gasteiger partial charge in [-0.15, -0.1) is 0 Å². The Hall–Kier alpha value is -0.540. The number of hydrogen-bond acceptors (Lipinski definition) is 2. The summed E-state index contributed by atoms with van der Waals surface area (Å²) in [5.41, 5.74) is 7.96. The Morgan fingerprint density at radius 1 is 1.41 bits per heavy atom. The zero-order chi connectivity index (χ0) is 12.4. The van der Waals surface area contributed by atoms with Gasteiger partial charge in [-0.3, -0.25) is 4.90 Å². The third-order valence-corrected chi connectivity index (χ3v) is 4.41. The maximum atomic E-state index is 5.81. The van der Waals surface area contributed by atoms with Gasteiger partial charge in [0.2, 0.25) is 0 Å². The maximum Gasteiger partial charge on any atom is 0.0458 e. The summed E-state index contributed by atoms with van der Waals surface area (Å²) in [5.74, 6) is 0.874. The molecule has 1 saturated heterocycles. The minimum atomic E-state index is 0.690. The Morgan fingerprint density at radius 3 is 2.82 bits per heavy atom. The first-order chi connectivity index (χ1) is 8.06. The van der Waals surface area contributed by atoms with E-state index in [1.165, 1.54) is 24.9 Å². The van der Waals surface area contributed by atoms with Crippen molar-refractivity contribution in [1.29, 1.82) is 0 Å². The van der Waals surface area contributed by atoms with E-state index in [2.05, 4.69) is 46.8 Å². The van der Waals surface area contributed by atoms with Crippen molar-refractivity contribution in [1.82, 2.24) is 4.90 Å². The quantitative estimate of drug-likeness (QED) is 0.844. The lowest BCUT2D eigenvalue weighted by molar-refractivity contribution is 0.122. The number of nitrogen functional groups attached to an aromatic ring is 1. The van der Waals surface area contributed by atoms with Crippen molar-refractivity contribution in [3.8, 4) is 0 Å². The molecule has 3 heteroatoms. The molecule has 17 heavy (non-hydrogen) atoms. The van der Waals surface area contributed by atoms with Crippen molar-refractivity contribution < 1.29 is 0 Å². The van der Waals surface area contributed by atoms with Gasteiger partial charge in [-0.05, 0) is 65.9 Å². The van der Waals surface area contributed by atoms with Crippen LogP contribution in [0.5, 0.6) is 0 Å². The molecule has 0 bridgehead atoms. The van der Waals surface area contributed by atoms with Gasteiger partial charge < -0.3 is 5.73 Å². The van der Waals surface area contributed by atoms with Gasteiger partial charge >= 0.3 is 0 Å². The lowest BCUT2D eigenvalue weighted by atomic mass is 9.93. The molecular formula is C14H21BrN2. The van der Waals surface area contributed by atoms with Crippen LogP contribution in [0.25, 0.3) is 0 Å². The second kappa shape index (κ2) is 5.40. The van der Waals surface area contributed by atoms with Crippen LogP contribution in [0.4, 0.5) is 5.69 Å². The number of hydrogen-bond donors (Lipinski definition) is 1. The molecule has 1 aromatic carbocycles. The average Bonchev–Trinajstić information content (AvgIpc) is 2.27. The molecule has 2 unspecified atom stereocenters. The van der Waals surface area contributed by atoms with Gasteiger partial charge in [0, 0.05) is 22.7 Å². The molecule has 0 radical (unpaired) electrons. The second-order valence-corrected chi connectivity index (χ2v) is 6.16. The normalized spacial score (nSPS) is 26.1. The summed E-state index contributed by atoms with van der Waals surface area (Å²) in [6.07, 6.45) is 2.64. The van der Waals surface area contributed by atoms with Crippen LogP contribution in [0.1, 0.15) is 32.3 Å². The van der Waals surface area contributed by atoms with Crippen molar-refractivity contribution >= 4 is 21.6 Å². The molecule has 0 aliphatic carbocycles. The van der Waals surface area contributed by atoms with Crippen molar-refractivity contribution in [3.63, 3.8) is 0 Å². The molecule has 1 heterocycles. The summed E-state index contributed by atoms with van der Waals surface area (Å²) in [4.78, 5) is 2.57. The van der Waals surface area contributed by atoms with Crippen LogP contribution in [0.15, 0.2) is 22.7 Å². The van der Waals surface area contributed by atoms with E-state index in [9.17, 15) is 0 Å². The van der Waals surface area contributed by atoms with Gasteiger partial charge in [0.1, 0.15) is 0 Å². The standard InChI is InChI=1S/C14H21BrN2/c1-10-5-6-17(11(2)7-10)9-12-3-4-14(16)13(15)8-12/h3-4,8,10-11H,5-7,9,16H2,1-2H3. The van der Waals surface area contributed by atoms with Crippen molar-refractivity contribution in [2.24, 2.45) is 5.92 Å². The summed E-state index contributed by atoms with van der Waals surface area (Å²) in [6, 6.07) is 6.94. The molecule has 2 atom stereocenters. The predicted octanol–water partition coefficient (Wildman–Crippen LogP) is 3.65. The van der Waals surface area contributed by atoms with Gasteiger partial charge in [-0.1, -0.05) is 13.0 Å². The van der Waals surface area contributed by atoms with Crippen molar-refractivity contribution in [2.45, 2.75) is 39.3 Å². The molecule has 94 valence electrons. The summed E-state index contributed by atoms with van der Waals surface area (Å²) in [6.45, 7) is 6.94. The highest BCUT2D eigenvalue weighted by Crippen LogP contribution is 2.26. The number of piperidine rings is 1. The summed E-state index contributed by atoms with van der Waals surface area (Å²) in [5, 5.41) is 0. The molecule has 0 saturated carbocycles. The minimum absolute atomic E-state index is 0.690. The molecule has 1 fully saturated rings. The third kappa shape index (κ3) is 3.23. The molecule has 0 aromatic heterocycles. The highest BCUT2D eigenvalue weighted by Gasteiger charge is 2.22. The van der Waals surface area contributed by atoms with Gasteiger partial charge in [-0.2, -0.15) is 0 Å². The maximum absolute atomic E-state index is 5.81. The van der Waals surface area contributed by atoms with Crippen LogP contribution in [-0.4, -0.2) is 17.5 Å². The van der Waals surface area contributed by atoms with E-state index in [-0.39, 0.29) is 0 Å². The molecule has 2 nitrogen and oxygen atoms in total. The minimum Gasteiger partial charge on any atom is -0.398 e. The number of benzene rings is 1. The predicted molar refractivity (Wildman–Crippen MR) is 76.8 cm³/mol. The molecular weight excluding hydrogens is 276 g/mol. The van der Waals surface area contributed by atoms with E-state index in [0.717, 1.165) is 22.6 Å². The van der Waals surface area contributed by atoms with Crippen LogP contribution < -0.4 is 5.73 Å². The van der Waals surface area contributed by atoms with E-state index < -0.39 is 0 Å². The summed E-state index contributed by atoms with van der Waals surface area (Å²) >= 11 is 3.49. The Balaban J connectivity index is 2.02. The highest BCUT2D eigenvalue weighted by atomic mass is 79.9. The highest BCUT2D eigenvalue weighted by molar-refractivity contribution is 9.10. The van der Waals surface area contributed by atoms with Crippen LogP contribution in [-0.2, 0) is 6.54 Å². The molecule has 1 aliphatic heterocycles. The molecule has 0 spiro atoms. The molecule has 1 aliphatic rings. The zero-order valence-electron chi connectivity index (χ0n) is 10.6. The van der Waals surface area contributed by atoms with Crippen molar-refractivity contribution in [2.75, 3.05) is 12.3 Å². The number of rotatable bonds is 2. The lowest BCUT2D eigenvalue weighted by Gasteiger charge is -2.36. The number of anilines is 1. The molecule has 1 aromatic rings. The van der Waals surface area contributed by atoms with Gasteiger partial charge in [0.05, 0.1) is 0 Å². The number of likely N-dealkylation sites (tertiary alicyclic amines) is 1. The SMILES string of the molecule is CC1CCN(Cc2ccc(N)c(Br)c2)C(C)C1. The van der Waals surface area contributed by atoms with Crippen LogP contribution >= 0.6 is 15.9 Å². The van der Waals surface area contributed by atoms with E-state index in [0.29, 0.717) is 6.04 Å². The summed E-state index contributed by atoms with van der Waals surface area (Å²) < 4.78 is 1.01. The third-order valence-electron chi connectivity index (χ3n) is 3.73. The van der Waals surface area contributed by atoms with Crippen LogP contribution in [0.3, 0.4) is 0 Å². The fourth-order valence-corrected chi connectivity index (χ4v) is 3.02. The zero-order valence-corrected chi connectivity index (χ0v) is 12.2. The Labute approximate surface area is 112 Å². The topological polar surface area (TPSA) is 29.3 Å². The first-order valence-corrected chi connectivity index (χ1v) is 7.13. The molecule has 2 rings (SSSR count). The first-order valence-electron chi connectivity index (χ1n) is 6.34. The van der Waals surface area contributed by atoms with Gasteiger partial charge in [-0.25, -0.2) is 0 Å². The lowest BCUT2D eigenvalue weighted by Crippen LogP contribution is -2.39. The molecule has 0 amide bonds.